The van der Waals surface area contributed by atoms with E-state index < -0.39 is 5.92 Å². The summed E-state index contributed by atoms with van der Waals surface area (Å²) in [5.41, 5.74) is 7.94. The Morgan fingerprint density at radius 3 is 2.58 bits per heavy atom. The molecule has 0 spiro atoms. The molecule has 1 aliphatic carbocycles. The minimum atomic E-state index is -2.52. The monoisotopic (exact) mass is 267 g/mol. The summed E-state index contributed by atoms with van der Waals surface area (Å²) in [6.45, 7) is 1.15. The van der Waals surface area contributed by atoms with Crippen LogP contribution in [0.4, 0.5) is 8.78 Å². The molecule has 0 saturated heterocycles. The molecule has 1 heterocycles. The number of fused-ring (bicyclic) bond motifs is 1. The van der Waals surface area contributed by atoms with Crippen LogP contribution in [0.1, 0.15) is 36.8 Å². The molecule has 2 nitrogen and oxygen atoms in total. The molecule has 2 N–H and O–H groups in total. The zero-order chi connectivity index (χ0) is 13.5. The molecule has 0 bridgehead atoms. The number of hydrogen-bond donors (Lipinski definition) is 1. The summed E-state index contributed by atoms with van der Waals surface area (Å²) < 4.78 is 32.2. The van der Waals surface area contributed by atoms with Crippen molar-refractivity contribution in [2.24, 2.45) is 5.73 Å². The Morgan fingerprint density at radius 1 is 1.16 bits per heavy atom. The standard InChI is InChI=1S/C15H19F2NO/c16-15(17)6-4-14(10-18,5-7-15)12-1-2-13-11(9-12)3-8-19-13/h1-2,9H,3-8,10,18H2. The second-order valence-corrected chi connectivity index (χ2v) is 5.76. The van der Waals surface area contributed by atoms with Crippen LogP contribution in [-0.4, -0.2) is 19.1 Å². The van der Waals surface area contributed by atoms with Crippen molar-refractivity contribution >= 4 is 0 Å². The van der Waals surface area contributed by atoms with Crippen LogP contribution in [0.25, 0.3) is 0 Å². The fraction of sp³-hybridized carbons (Fsp3) is 0.600. The van der Waals surface area contributed by atoms with Crippen LogP contribution in [0.5, 0.6) is 5.75 Å². The van der Waals surface area contributed by atoms with E-state index in [0.29, 0.717) is 26.0 Å². The van der Waals surface area contributed by atoms with Gasteiger partial charge in [-0.2, -0.15) is 0 Å². The molecule has 0 aromatic heterocycles. The van der Waals surface area contributed by atoms with Gasteiger partial charge in [0.1, 0.15) is 5.75 Å². The first-order valence-electron chi connectivity index (χ1n) is 6.89. The Balaban J connectivity index is 1.90. The van der Waals surface area contributed by atoms with Gasteiger partial charge >= 0.3 is 0 Å². The maximum absolute atomic E-state index is 13.4. The van der Waals surface area contributed by atoms with Crippen LogP contribution in [0.3, 0.4) is 0 Å². The van der Waals surface area contributed by atoms with E-state index in [2.05, 4.69) is 6.07 Å². The summed E-state index contributed by atoms with van der Waals surface area (Å²) in [7, 11) is 0. The highest BCUT2D eigenvalue weighted by molar-refractivity contribution is 5.42. The van der Waals surface area contributed by atoms with E-state index in [-0.39, 0.29) is 18.3 Å². The lowest BCUT2D eigenvalue weighted by molar-refractivity contribution is -0.0509. The molecule has 1 saturated carbocycles. The first-order valence-corrected chi connectivity index (χ1v) is 6.89. The summed E-state index contributed by atoms with van der Waals surface area (Å²) in [5.74, 6) is -1.59. The fourth-order valence-electron chi connectivity index (χ4n) is 3.22. The van der Waals surface area contributed by atoms with Crippen LogP contribution < -0.4 is 10.5 Å². The molecule has 1 fully saturated rings. The maximum Gasteiger partial charge on any atom is 0.248 e. The topological polar surface area (TPSA) is 35.2 Å². The predicted molar refractivity (Wildman–Crippen MR) is 69.8 cm³/mol. The molecular formula is C15H19F2NO. The van der Waals surface area contributed by atoms with E-state index in [9.17, 15) is 8.78 Å². The summed E-state index contributed by atoms with van der Waals surface area (Å²) in [5, 5.41) is 0. The quantitative estimate of drug-likeness (QED) is 0.894. The van der Waals surface area contributed by atoms with Crippen molar-refractivity contribution in [2.45, 2.75) is 43.4 Å². The van der Waals surface area contributed by atoms with Crippen LogP contribution in [0.2, 0.25) is 0 Å². The van der Waals surface area contributed by atoms with Crippen LogP contribution in [-0.2, 0) is 11.8 Å². The lowest BCUT2D eigenvalue weighted by Gasteiger charge is -2.40. The van der Waals surface area contributed by atoms with Gasteiger partial charge in [-0.1, -0.05) is 12.1 Å². The molecule has 19 heavy (non-hydrogen) atoms. The normalized spacial score (nSPS) is 23.7. The van der Waals surface area contributed by atoms with Gasteiger partial charge in [-0.15, -0.1) is 0 Å². The Kier molecular flexibility index (Phi) is 3.01. The molecule has 0 radical (unpaired) electrons. The van der Waals surface area contributed by atoms with Gasteiger partial charge in [0.15, 0.2) is 0 Å². The summed E-state index contributed by atoms with van der Waals surface area (Å²) in [6, 6.07) is 6.07. The SMILES string of the molecule is NCC1(c2ccc3c(c2)CCO3)CCC(F)(F)CC1. The van der Waals surface area contributed by atoms with Gasteiger partial charge in [0.05, 0.1) is 6.61 Å². The first kappa shape index (κ1) is 12.9. The molecule has 0 unspecified atom stereocenters. The largest absolute Gasteiger partial charge is 0.493 e. The second kappa shape index (κ2) is 4.44. The average molecular weight is 267 g/mol. The van der Waals surface area contributed by atoms with Gasteiger partial charge < -0.3 is 10.5 Å². The van der Waals surface area contributed by atoms with E-state index in [1.807, 2.05) is 12.1 Å². The number of nitrogens with two attached hydrogens (primary N) is 1. The molecule has 0 amide bonds. The highest BCUT2D eigenvalue weighted by Gasteiger charge is 2.43. The molecule has 3 rings (SSSR count). The molecule has 1 aromatic rings. The Morgan fingerprint density at radius 2 is 1.89 bits per heavy atom. The summed E-state index contributed by atoms with van der Waals surface area (Å²) in [4.78, 5) is 0. The van der Waals surface area contributed by atoms with Gasteiger partial charge in [-0.05, 0) is 30.0 Å². The number of hydrogen-bond acceptors (Lipinski definition) is 2. The Bertz CT molecular complexity index is 477. The summed E-state index contributed by atoms with van der Waals surface area (Å²) >= 11 is 0. The van der Waals surface area contributed by atoms with E-state index >= 15 is 0 Å². The lowest BCUT2D eigenvalue weighted by atomic mass is 9.68. The molecule has 104 valence electrons. The highest BCUT2D eigenvalue weighted by atomic mass is 19.3. The number of rotatable bonds is 2. The fourth-order valence-corrected chi connectivity index (χ4v) is 3.22. The zero-order valence-electron chi connectivity index (χ0n) is 10.9. The molecular weight excluding hydrogens is 248 g/mol. The second-order valence-electron chi connectivity index (χ2n) is 5.76. The molecule has 2 aliphatic rings. The van der Waals surface area contributed by atoms with Gasteiger partial charge in [0.25, 0.3) is 0 Å². The zero-order valence-corrected chi connectivity index (χ0v) is 10.9. The first-order chi connectivity index (χ1) is 9.05. The van der Waals surface area contributed by atoms with Gasteiger partial charge in [-0.3, -0.25) is 0 Å². The third-order valence-corrected chi connectivity index (χ3v) is 4.63. The van der Waals surface area contributed by atoms with E-state index in [1.54, 1.807) is 0 Å². The minimum absolute atomic E-state index is 0.0578. The van der Waals surface area contributed by atoms with Crippen LogP contribution in [0, 0.1) is 0 Å². The van der Waals surface area contributed by atoms with Gasteiger partial charge in [-0.25, -0.2) is 8.78 Å². The van der Waals surface area contributed by atoms with Crippen molar-refractivity contribution in [1.82, 2.24) is 0 Å². The van der Waals surface area contributed by atoms with Crippen molar-refractivity contribution in [3.63, 3.8) is 0 Å². The predicted octanol–water partition coefficient (Wildman–Crippen LogP) is 3.03. The molecule has 4 heteroatoms. The van der Waals surface area contributed by atoms with E-state index in [1.165, 1.54) is 5.56 Å². The molecule has 0 atom stereocenters. The van der Waals surface area contributed by atoms with Crippen molar-refractivity contribution in [1.29, 1.82) is 0 Å². The van der Waals surface area contributed by atoms with Crippen LogP contribution >= 0.6 is 0 Å². The smallest absolute Gasteiger partial charge is 0.248 e. The van der Waals surface area contributed by atoms with Crippen molar-refractivity contribution in [3.05, 3.63) is 29.3 Å². The number of ether oxygens (including phenoxy) is 1. The van der Waals surface area contributed by atoms with Crippen LogP contribution in [0.15, 0.2) is 18.2 Å². The van der Waals surface area contributed by atoms with Gasteiger partial charge in [0, 0.05) is 31.2 Å². The maximum atomic E-state index is 13.4. The third-order valence-electron chi connectivity index (χ3n) is 4.63. The van der Waals surface area contributed by atoms with Crippen molar-refractivity contribution < 1.29 is 13.5 Å². The lowest BCUT2D eigenvalue weighted by Crippen LogP contribution is -2.42. The highest BCUT2D eigenvalue weighted by Crippen LogP contribution is 2.45. The molecule has 1 aliphatic heterocycles. The third kappa shape index (κ3) is 2.22. The van der Waals surface area contributed by atoms with Gasteiger partial charge in [0.2, 0.25) is 5.92 Å². The number of halogens is 2. The Labute approximate surface area is 111 Å². The van der Waals surface area contributed by atoms with E-state index in [4.69, 9.17) is 10.5 Å². The summed E-state index contributed by atoms with van der Waals surface area (Å²) in [6.07, 6.45) is 1.72. The Hall–Kier alpha value is -1.16. The van der Waals surface area contributed by atoms with Crippen molar-refractivity contribution in [2.75, 3.05) is 13.2 Å². The minimum Gasteiger partial charge on any atom is -0.493 e. The molecule has 1 aromatic carbocycles. The average Bonchev–Trinajstić information content (AvgIpc) is 2.87. The number of alkyl halides is 2. The van der Waals surface area contributed by atoms with Crippen molar-refractivity contribution in [3.8, 4) is 5.75 Å². The van der Waals surface area contributed by atoms with E-state index in [0.717, 1.165) is 17.7 Å². The number of benzene rings is 1.